The van der Waals surface area contributed by atoms with Gasteiger partial charge < -0.3 is 5.32 Å². The first-order chi connectivity index (χ1) is 16.9. The molecule has 0 unspecified atom stereocenters. The van der Waals surface area contributed by atoms with Gasteiger partial charge in [0.15, 0.2) is 0 Å². The summed E-state index contributed by atoms with van der Waals surface area (Å²) in [5.41, 5.74) is 4.42. The van der Waals surface area contributed by atoms with Crippen LogP contribution < -0.4 is 5.32 Å². The van der Waals surface area contributed by atoms with Gasteiger partial charge in [0.2, 0.25) is 0 Å². The van der Waals surface area contributed by atoms with Crippen LogP contribution in [0.15, 0.2) is 123 Å². The Morgan fingerprint density at radius 2 is 1.29 bits per heavy atom. The van der Waals surface area contributed by atoms with Gasteiger partial charge in [-0.1, -0.05) is 96.1 Å². The molecule has 4 rings (SSSR count). The van der Waals surface area contributed by atoms with Crippen LogP contribution in [0.2, 0.25) is 0 Å². The third-order valence-electron chi connectivity index (χ3n) is 5.72. The largest absolute Gasteiger partial charge is 0.305 e. The summed E-state index contributed by atoms with van der Waals surface area (Å²) in [5, 5.41) is 3.65. The highest BCUT2D eigenvalue weighted by atomic mass is 32.3. The van der Waals surface area contributed by atoms with Crippen molar-refractivity contribution in [2.75, 3.05) is 5.75 Å². The van der Waals surface area contributed by atoms with E-state index in [0.29, 0.717) is 12.3 Å². The van der Waals surface area contributed by atoms with Crippen molar-refractivity contribution in [2.24, 2.45) is 3.77 Å². The lowest BCUT2D eigenvalue weighted by Gasteiger charge is -2.21. The molecular formula is C29H30N2O2S2. The molecular weight excluding hydrogens is 472 g/mol. The summed E-state index contributed by atoms with van der Waals surface area (Å²) in [6, 6.07) is 35.2. The number of hydrogen-bond donors (Lipinski definition) is 1. The molecule has 4 aromatic carbocycles. The highest BCUT2D eigenvalue weighted by Crippen LogP contribution is 2.23. The van der Waals surface area contributed by atoms with E-state index in [1.165, 1.54) is 5.56 Å². The van der Waals surface area contributed by atoms with E-state index in [2.05, 4.69) is 33.4 Å². The van der Waals surface area contributed by atoms with Crippen LogP contribution in [0.25, 0.3) is 0 Å². The highest BCUT2D eigenvalue weighted by molar-refractivity contribution is 8.00. The van der Waals surface area contributed by atoms with E-state index in [0.717, 1.165) is 21.6 Å². The Bertz CT molecular complexity index is 1370. The summed E-state index contributed by atoms with van der Waals surface area (Å²) in [7, 11) is -4.71. The Balaban J connectivity index is 1.72. The number of nitrogens with one attached hydrogen (secondary N) is 1. The van der Waals surface area contributed by atoms with Gasteiger partial charge in [0.05, 0.1) is 4.90 Å². The first kappa shape index (κ1) is 25.0. The zero-order chi connectivity index (χ0) is 24.7. The van der Waals surface area contributed by atoms with Crippen molar-refractivity contribution in [2.45, 2.75) is 36.2 Å². The molecule has 180 valence electrons. The topological polar surface area (TPSA) is 58.5 Å². The van der Waals surface area contributed by atoms with Crippen molar-refractivity contribution in [3.8, 4) is 0 Å². The van der Waals surface area contributed by atoms with Crippen molar-refractivity contribution in [3.05, 3.63) is 131 Å². The van der Waals surface area contributed by atoms with Gasteiger partial charge in [-0.05, 0) is 59.9 Å². The lowest BCUT2D eigenvalue weighted by atomic mass is 10.1. The molecule has 0 saturated heterocycles. The molecule has 0 aliphatic carbocycles. The molecule has 0 spiro atoms. The van der Waals surface area contributed by atoms with Crippen molar-refractivity contribution in [3.63, 3.8) is 0 Å². The standard InChI is InChI=1S/C29H30N2O2S2/c1-23-13-17-27(18-14-23)34(31-35(32,33)28-19-15-24(2)16-20-28)22-29(26-11-7-4-8-12-26)30-21-25-9-5-3-6-10-25/h3-20,29-30H,21-22H2,1-2H3/t29-,34-/m1/s1. The van der Waals surface area contributed by atoms with Crippen molar-refractivity contribution >= 4 is 20.7 Å². The second-order valence-corrected chi connectivity index (χ2v) is 12.1. The average Bonchev–Trinajstić information content (AvgIpc) is 2.87. The number of hydrogen-bond acceptors (Lipinski definition) is 3. The summed E-state index contributed by atoms with van der Waals surface area (Å²) in [5.74, 6) is 0.533. The second kappa shape index (κ2) is 11.6. The van der Waals surface area contributed by atoms with E-state index < -0.39 is 20.7 Å². The molecule has 1 N–H and O–H groups in total. The molecule has 0 radical (unpaired) electrons. The van der Waals surface area contributed by atoms with Crippen molar-refractivity contribution in [1.29, 1.82) is 0 Å². The third kappa shape index (κ3) is 6.98. The van der Waals surface area contributed by atoms with E-state index in [1.807, 2.05) is 74.5 Å². The third-order valence-corrected chi connectivity index (χ3v) is 9.56. The summed E-state index contributed by atoms with van der Waals surface area (Å²) in [6.07, 6.45) is 0. The van der Waals surface area contributed by atoms with Crippen molar-refractivity contribution in [1.82, 2.24) is 5.32 Å². The first-order valence-electron chi connectivity index (χ1n) is 11.6. The van der Waals surface area contributed by atoms with Crippen molar-refractivity contribution < 1.29 is 8.42 Å². The molecule has 0 bridgehead atoms. The average molecular weight is 503 g/mol. The van der Waals surface area contributed by atoms with Gasteiger partial charge >= 0.3 is 0 Å². The molecule has 0 saturated carbocycles. The molecule has 2 atom stereocenters. The van der Waals surface area contributed by atoms with Gasteiger partial charge in [0, 0.05) is 23.2 Å². The van der Waals surface area contributed by atoms with Crippen LogP contribution in [0.1, 0.15) is 28.3 Å². The molecule has 0 aliphatic rings. The molecule has 0 aliphatic heterocycles. The predicted octanol–water partition coefficient (Wildman–Crippen LogP) is 6.38. The molecule has 4 aromatic rings. The fourth-order valence-electron chi connectivity index (χ4n) is 3.69. The minimum Gasteiger partial charge on any atom is -0.305 e. The summed E-state index contributed by atoms with van der Waals surface area (Å²) in [6.45, 7) is 4.64. The van der Waals surface area contributed by atoms with E-state index in [-0.39, 0.29) is 10.9 Å². The molecule has 0 aromatic heterocycles. The van der Waals surface area contributed by atoms with Gasteiger partial charge in [-0.2, -0.15) is 8.42 Å². The van der Waals surface area contributed by atoms with Crippen LogP contribution in [0.5, 0.6) is 0 Å². The number of sulfonamides is 1. The highest BCUT2D eigenvalue weighted by Gasteiger charge is 2.19. The van der Waals surface area contributed by atoms with Crippen LogP contribution in [-0.4, -0.2) is 14.2 Å². The van der Waals surface area contributed by atoms with Crippen LogP contribution in [-0.2, 0) is 27.3 Å². The number of benzene rings is 4. The Kier molecular flexibility index (Phi) is 8.29. The normalized spacial score (nSPS) is 13.4. The smallest absolute Gasteiger partial charge is 0.288 e. The summed E-state index contributed by atoms with van der Waals surface area (Å²) in [4.78, 5) is 1.13. The van der Waals surface area contributed by atoms with Gasteiger partial charge in [0.1, 0.15) is 0 Å². The maximum absolute atomic E-state index is 13.3. The Morgan fingerprint density at radius 3 is 1.89 bits per heavy atom. The number of rotatable bonds is 9. The van der Waals surface area contributed by atoms with E-state index in [4.69, 9.17) is 0 Å². The van der Waals surface area contributed by atoms with E-state index in [9.17, 15) is 8.42 Å². The quantitative estimate of drug-likeness (QED) is 0.289. The zero-order valence-electron chi connectivity index (χ0n) is 20.0. The van der Waals surface area contributed by atoms with Crippen LogP contribution in [0.4, 0.5) is 0 Å². The maximum Gasteiger partial charge on any atom is 0.288 e. The molecule has 35 heavy (non-hydrogen) atoms. The van der Waals surface area contributed by atoms with Crippen LogP contribution in [0.3, 0.4) is 0 Å². The Hall–Kier alpha value is -3.06. The predicted molar refractivity (Wildman–Crippen MR) is 145 cm³/mol. The lowest BCUT2D eigenvalue weighted by Crippen LogP contribution is -2.26. The zero-order valence-corrected chi connectivity index (χ0v) is 21.6. The summed E-state index contributed by atoms with van der Waals surface area (Å²) >= 11 is 0. The van der Waals surface area contributed by atoms with Gasteiger partial charge in [-0.15, -0.1) is 3.77 Å². The fraction of sp³-hybridized carbons (Fsp3) is 0.172. The van der Waals surface area contributed by atoms with Crippen LogP contribution >= 0.6 is 0 Å². The minimum atomic E-state index is -3.82. The maximum atomic E-state index is 13.3. The second-order valence-electron chi connectivity index (χ2n) is 8.54. The molecule has 0 heterocycles. The first-order valence-corrected chi connectivity index (χ1v) is 14.3. The Labute approximate surface area is 211 Å². The van der Waals surface area contributed by atoms with Gasteiger partial charge in [-0.25, -0.2) is 0 Å². The van der Waals surface area contributed by atoms with E-state index >= 15 is 0 Å². The molecule has 0 amide bonds. The van der Waals surface area contributed by atoms with E-state index in [1.54, 1.807) is 24.3 Å². The SMILES string of the molecule is Cc1ccc(/[S@@](C[C@@H](NCc2ccccc2)c2ccccc2)=N\S(=O)(=O)c2ccc(C)cc2)cc1. The monoisotopic (exact) mass is 502 g/mol. The fourth-order valence-corrected chi connectivity index (χ4v) is 7.32. The molecule has 6 heteroatoms. The minimum absolute atomic E-state index is 0.0713. The molecule has 0 fully saturated rings. The molecule has 4 nitrogen and oxygen atoms in total. The lowest BCUT2D eigenvalue weighted by molar-refractivity contribution is 0.580. The van der Waals surface area contributed by atoms with Gasteiger partial charge in [0.25, 0.3) is 10.0 Å². The van der Waals surface area contributed by atoms with Crippen LogP contribution in [0, 0.1) is 13.8 Å². The Morgan fingerprint density at radius 1 is 0.743 bits per heavy atom. The summed E-state index contributed by atoms with van der Waals surface area (Å²) < 4.78 is 31.1. The number of nitrogens with zero attached hydrogens (tertiary/aromatic N) is 1. The van der Waals surface area contributed by atoms with Gasteiger partial charge in [-0.3, -0.25) is 0 Å². The number of aryl methyl sites for hydroxylation is 2.